The Bertz CT molecular complexity index is 2350. The van der Waals surface area contributed by atoms with Crippen LogP contribution < -0.4 is 5.32 Å². The lowest BCUT2D eigenvalue weighted by Gasteiger charge is -2.23. The Morgan fingerprint density at radius 3 is 1.65 bits per heavy atom. The topological polar surface area (TPSA) is 60.5 Å². The molecule has 226 valence electrons. The van der Waals surface area contributed by atoms with Crippen molar-refractivity contribution in [2.45, 2.75) is 6.17 Å². The van der Waals surface area contributed by atoms with Gasteiger partial charge in [-0.1, -0.05) is 158 Å². The molecule has 1 aliphatic rings. The number of nitriles is 1. The van der Waals surface area contributed by atoms with Gasteiger partial charge in [-0.3, -0.25) is 0 Å². The van der Waals surface area contributed by atoms with E-state index < -0.39 is 0 Å². The molecule has 48 heavy (non-hydrogen) atoms. The summed E-state index contributed by atoms with van der Waals surface area (Å²) in [6, 6.07) is 60.6. The van der Waals surface area contributed by atoms with Crippen molar-refractivity contribution in [2.75, 3.05) is 0 Å². The van der Waals surface area contributed by atoms with Crippen molar-refractivity contribution in [2.24, 2.45) is 9.98 Å². The largest absolute Gasteiger partial charge is 0.344 e. The Morgan fingerprint density at radius 1 is 0.479 bits per heavy atom. The molecule has 0 bridgehead atoms. The Kier molecular flexibility index (Phi) is 7.62. The average Bonchev–Trinajstić information content (AvgIpc) is 3.18. The van der Waals surface area contributed by atoms with E-state index in [-0.39, 0.29) is 6.17 Å². The standard InChI is InChI=1S/C44H30N4/c45-29-30-10-9-15-37(28-30)31-18-20-32(21-19-31)38-26-27-39(41-17-8-7-16-40(38)41)33-22-24-36(25-23-33)44-47-42(34-11-3-1-4-12-34)46-43(48-44)35-13-5-2-6-14-35/h1-28,42H,(H,46,47,48). The van der Waals surface area contributed by atoms with Gasteiger partial charge in [0.05, 0.1) is 11.6 Å². The molecule has 4 heteroatoms. The van der Waals surface area contributed by atoms with E-state index in [4.69, 9.17) is 9.98 Å². The molecule has 8 rings (SSSR count). The van der Waals surface area contributed by atoms with Crippen LogP contribution in [0.1, 0.15) is 28.4 Å². The molecule has 7 aromatic carbocycles. The molecular formula is C44H30N4. The van der Waals surface area contributed by atoms with Gasteiger partial charge in [-0.25, -0.2) is 9.98 Å². The zero-order chi connectivity index (χ0) is 32.3. The van der Waals surface area contributed by atoms with E-state index in [2.05, 4.69) is 108 Å². The van der Waals surface area contributed by atoms with Crippen LogP contribution in [0.5, 0.6) is 0 Å². The van der Waals surface area contributed by atoms with Crippen LogP contribution >= 0.6 is 0 Å². The minimum absolute atomic E-state index is 0.234. The van der Waals surface area contributed by atoms with Crippen LogP contribution in [0.2, 0.25) is 0 Å². The normalized spacial score (nSPS) is 14.0. The van der Waals surface area contributed by atoms with Gasteiger partial charge >= 0.3 is 0 Å². The maximum absolute atomic E-state index is 9.32. The van der Waals surface area contributed by atoms with E-state index in [0.29, 0.717) is 11.4 Å². The molecular weight excluding hydrogens is 585 g/mol. The van der Waals surface area contributed by atoms with E-state index in [0.717, 1.165) is 44.8 Å². The van der Waals surface area contributed by atoms with Crippen molar-refractivity contribution in [1.82, 2.24) is 5.32 Å². The molecule has 0 saturated heterocycles. The summed E-state index contributed by atoms with van der Waals surface area (Å²) in [5.74, 6) is 1.51. The molecule has 1 heterocycles. The molecule has 0 amide bonds. The summed E-state index contributed by atoms with van der Waals surface area (Å²) in [5, 5.41) is 15.3. The molecule has 0 spiro atoms. The van der Waals surface area contributed by atoms with Gasteiger partial charge in [0.1, 0.15) is 12.0 Å². The van der Waals surface area contributed by atoms with E-state index in [1.54, 1.807) is 0 Å². The molecule has 1 aliphatic heterocycles. The van der Waals surface area contributed by atoms with Gasteiger partial charge in [0.15, 0.2) is 5.84 Å². The molecule has 4 nitrogen and oxygen atoms in total. The number of aliphatic imine (C=N–C) groups is 2. The number of nitrogens with zero attached hydrogens (tertiary/aromatic N) is 3. The summed E-state index contributed by atoms with van der Waals surface area (Å²) >= 11 is 0. The monoisotopic (exact) mass is 614 g/mol. The van der Waals surface area contributed by atoms with Gasteiger partial charge in [0.2, 0.25) is 0 Å². The van der Waals surface area contributed by atoms with E-state index in [1.807, 2.05) is 72.8 Å². The fourth-order valence-corrected chi connectivity index (χ4v) is 6.34. The third kappa shape index (κ3) is 5.66. The highest BCUT2D eigenvalue weighted by Gasteiger charge is 2.21. The predicted molar refractivity (Wildman–Crippen MR) is 197 cm³/mol. The Labute approximate surface area is 280 Å². The maximum atomic E-state index is 9.32. The van der Waals surface area contributed by atoms with Gasteiger partial charge in [-0.05, 0) is 61.8 Å². The molecule has 0 saturated carbocycles. The summed E-state index contributed by atoms with van der Waals surface area (Å²) in [5.41, 5.74) is 10.5. The number of hydrogen-bond donors (Lipinski definition) is 1. The van der Waals surface area contributed by atoms with Gasteiger partial charge in [-0.15, -0.1) is 0 Å². The zero-order valence-electron chi connectivity index (χ0n) is 26.1. The molecule has 0 radical (unpaired) electrons. The number of nitrogens with one attached hydrogen (secondary N) is 1. The summed E-state index contributed by atoms with van der Waals surface area (Å²) < 4.78 is 0. The summed E-state index contributed by atoms with van der Waals surface area (Å²) in [6.45, 7) is 0. The Morgan fingerprint density at radius 2 is 1.02 bits per heavy atom. The zero-order valence-corrected chi connectivity index (χ0v) is 26.1. The number of rotatable bonds is 6. The third-order valence-electron chi connectivity index (χ3n) is 8.80. The first kappa shape index (κ1) is 28.9. The molecule has 7 aromatic rings. The first-order chi connectivity index (χ1) is 23.7. The number of hydrogen-bond acceptors (Lipinski definition) is 4. The maximum Gasteiger partial charge on any atom is 0.159 e. The minimum atomic E-state index is -0.234. The first-order valence-electron chi connectivity index (χ1n) is 16.0. The predicted octanol–water partition coefficient (Wildman–Crippen LogP) is 10.2. The van der Waals surface area contributed by atoms with E-state index >= 15 is 0 Å². The summed E-state index contributed by atoms with van der Waals surface area (Å²) in [4.78, 5) is 9.94. The Balaban J connectivity index is 1.11. The molecule has 0 aliphatic carbocycles. The molecule has 0 aromatic heterocycles. The van der Waals surface area contributed by atoms with Gasteiger partial charge in [0, 0.05) is 11.1 Å². The summed E-state index contributed by atoms with van der Waals surface area (Å²) in [6.07, 6.45) is -0.234. The molecule has 1 unspecified atom stereocenters. The fraction of sp³-hybridized carbons (Fsp3) is 0.0227. The lowest BCUT2D eigenvalue weighted by molar-refractivity contribution is 0.674. The highest BCUT2D eigenvalue weighted by molar-refractivity contribution is 6.13. The summed E-state index contributed by atoms with van der Waals surface area (Å²) in [7, 11) is 0. The van der Waals surface area contributed by atoms with Crippen molar-refractivity contribution in [3.63, 3.8) is 0 Å². The lowest BCUT2D eigenvalue weighted by atomic mass is 9.91. The van der Waals surface area contributed by atoms with Crippen LogP contribution in [-0.4, -0.2) is 11.7 Å². The van der Waals surface area contributed by atoms with E-state index in [9.17, 15) is 5.26 Å². The fourth-order valence-electron chi connectivity index (χ4n) is 6.34. The van der Waals surface area contributed by atoms with Crippen LogP contribution in [0.25, 0.3) is 44.2 Å². The van der Waals surface area contributed by atoms with Crippen LogP contribution in [0.15, 0.2) is 180 Å². The molecule has 1 N–H and O–H groups in total. The van der Waals surface area contributed by atoms with Crippen molar-refractivity contribution < 1.29 is 0 Å². The second-order valence-electron chi connectivity index (χ2n) is 11.8. The highest BCUT2D eigenvalue weighted by atomic mass is 15.2. The Hall–Kier alpha value is -6.57. The molecule has 1 atom stereocenters. The van der Waals surface area contributed by atoms with Crippen molar-refractivity contribution >= 4 is 22.4 Å². The number of amidine groups is 2. The number of fused-ring (bicyclic) bond motifs is 1. The van der Waals surface area contributed by atoms with Gasteiger partial charge in [0.25, 0.3) is 0 Å². The van der Waals surface area contributed by atoms with Crippen LogP contribution in [0, 0.1) is 11.3 Å². The average molecular weight is 615 g/mol. The van der Waals surface area contributed by atoms with Crippen molar-refractivity contribution in [3.05, 3.63) is 192 Å². The lowest BCUT2D eigenvalue weighted by Crippen LogP contribution is -2.33. The van der Waals surface area contributed by atoms with Crippen molar-refractivity contribution in [1.29, 1.82) is 5.26 Å². The molecule has 0 fully saturated rings. The van der Waals surface area contributed by atoms with Crippen LogP contribution in [0.3, 0.4) is 0 Å². The van der Waals surface area contributed by atoms with Crippen LogP contribution in [-0.2, 0) is 0 Å². The van der Waals surface area contributed by atoms with Crippen LogP contribution in [0.4, 0.5) is 0 Å². The smallest absolute Gasteiger partial charge is 0.159 e. The van der Waals surface area contributed by atoms with Gasteiger partial charge in [-0.2, -0.15) is 5.26 Å². The van der Waals surface area contributed by atoms with Crippen molar-refractivity contribution in [3.8, 4) is 39.4 Å². The third-order valence-corrected chi connectivity index (χ3v) is 8.80. The SMILES string of the molecule is N#Cc1cccc(-c2ccc(-c3ccc(-c4ccc(C5=NC(c6ccccc6)=NC(c6ccccc6)N5)cc4)c4ccccc34)cc2)c1. The van der Waals surface area contributed by atoms with E-state index in [1.165, 1.54) is 21.9 Å². The highest BCUT2D eigenvalue weighted by Crippen LogP contribution is 2.36. The quantitative estimate of drug-likeness (QED) is 0.203. The van der Waals surface area contributed by atoms with Gasteiger partial charge < -0.3 is 5.32 Å². The number of benzene rings is 7. The first-order valence-corrected chi connectivity index (χ1v) is 16.0. The minimum Gasteiger partial charge on any atom is -0.344 e. The second kappa shape index (κ2) is 12.7. The second-order valence-corrected chi connectivity index (χ2v) is 11.8.